The van der Waals surface area contributed by atoms with E-state index >= 15 is 0 Å². The number of rotatable bonds is 1. The molecule has 4 nitrogen and oxygen atoms in total. The maximum atomic E-state index is 12.4. The van der Waals surface area contributed by atoms with Gasteiger partial charge in [0.05, 0.1) is 6.10 Å². The molecule has 4 rings (SSSR count). The number of carbonyl (C=O) groups is 2. The number of ketones is 1. The molecule has 0 aromatic rings. The Kier molecular flexibility index (Phi) is 3.91. The molecule has 0 aromatic carbocycles. The molecular weight excluding hydrogens is 316 g/mol. The van der Waals surface area contributed by atoms with Gasteiger partial charge in [-0.05, 0) is 73.2 Å². The molecule has 0 amide bonds. The van der Waals surface area contributed by atoms with Crippen molar-refractivity contribution in [3.63, 3.8) is 0 Å². The quantitative estimate of drug-likeness (QED) is 0.739. The molecule has 4 aliphatic carbocycles. The van der Waals surface area contributed by atoms with Gasteiger partial charge in [0.2, 0.25) is 0 Å². The second-order valence-electron chi connectivity index (χ2n) is 9.49. The summed E-state index contributed by atoms with van der Waals surface area (Å²) in [5.41, 5.74) is 1.49. The van der Waals surface area contributed by atoms with E-state index in [-0.39, 0.29) is 28.7 Å². The Bertz CT molecular complexity index is 638. The summed E-state index contributed by atoms with van der Waals surface area (Å²) in [7, 11) is 0. The summed E-state index contributed by atoms with van der Waals surface area (Å²) in [5.74, 6) is 1.31. The Morgan fingerprint density at radius 2 is 2.00 bits per heavy atom. The fourth-order valence-electron chi connectivity index (χ4n) is 6.92. The maximum absolute atomic E-state index is 12.4. The lowest BCUT2D eigenvalue weighted by molar-refractivity contribution is -0.155. The molecule has 0 radical (unpaired) electrons. The van der Waals surface area contributed by atoms with E-state index in [1.807, 2.05) is 0 Å². The van der Waals surface area contributed by atoms with Gasteiger partial charge in [-0.2, -0.15) is 0 Å². The molecule has 0 bridgehead atoms. The second-order valence-corrected chi connectivity index (χ2v) is 9.49. The highest BCUT2D eigenvalue weighted by Crippen LogP contribution is 2.65. The van der Waals surface area contributed by atoms with E-state index < -0.39 is 6.10 Å². The fourth-order valence-corrected chi connectivity index (χ4v) is 6.92. The van der Waals surface area contributed by atoms with Crippen LogP contribution < -0.4 is 0 Å². The molecule has 4 heteroatoms. The first-order valence-corrected chi connectivity index (χ1v) is 9.83. The van der Waals surface area contributed by atoms with Crippen LogP contribution in [0.25, 0.3) is 0 Å². The van der Waals surface area contributed by atoms with Gasteiger partial charge < -0.3 is 9.84 Å². The van der Waals surface area contributed by atoms with E-state index in [4.69, 9.17) is 4.74 Å². The van der Waals surface area contributed by atoms with Crippen LogP contribution in [0.4, 0.5) is 0 Å². The summed E-state index contributed by atoms with van der Waals surface area (Å²) in [6, 6.07) is 0. The van der Waals surface area contributed by atoms with Gasteiger partial charge >= 0.3 is 5.97 Å². The van der Waals surface area contributed by atoms with Crippen molar-refractivity contribution in [1.29, 1.82) is 0 Å². The number of ether oxygens (including phenoxy) is 1. The van der Waals surface area contributed by atoms with Gasteiger partial charge in [-0.1, -0.05) is 19.4 Å². The predicted molar refractivity (Wildman–Crippen MR) is 93.7 cm³/mol. The minimum absolute atomic E-state index is 0.0435. The van der Waals surface area contributed by atoms with Crippen LogP contribution in [-0.4, -0.2) is 29.1 Å². The van der Waals surface area contributed by atoms with Gasteiger partial charge in [-0.3, -0.25) is 9.59 Å². The first-order chi connectivity index (χ1) is 11.7. The number of esters is 1. The highest BCUT2D eigenvalue weighted by Gasteiger charge is 2.58. The van der Waals surface area contributed by atoms with Crippen LogP contribution in [0.5, 0.6) is 0 Å². The third-order valence-corrected chi connectivity index (χ3v) is 8.03. The van der Waals surface area contributed by atoms with Crippen molar-refractivity contribution in [1.82, 2.24) is 0 Å². The van der Waals surface area contributed by atoms with Gasteiger partial charge in [-0.15, -0.1) is 0 Å². The monoisotopic (exact) mass is 346 g/mol. The first kappa shape index (κ1) is 17.3. The summed E-state index contributed by atoms with van der Waals surface area (Å²) < 4.78 is 5.35. The lowest BCUT2D eigenvalue weighted by atomic mass is 9.47. The van der Waals surface area contributed by atoms with E-state index in [0.717, 1.165) is 38.5 Å². The Labute approximate surface area is 150 Å². The number of aliphatic hydroxyl groups is 1. The lowest BCUT2D eigenvalue weighted by Gasteiger charge is -2.57. The number of allylic oxidation sites excluding steroid dienone is 1. The van der Waals surface area contributed by atoms with Crippen LogP contribution in [0.2, 0.25) is 0 Å². The van der Waals surface area contributed by atoms with Crippen LogP contribution in [0, 0.1) is 28.6 Å². The standard InChI is InChI=1S/C21H30O4/c1-12(22)25-19-11-21(3)13(8-18(19)24)4-5-15-16(21)6-7-20(2)10-14(23)9-17(15)20/h8,14-17,19,23H,4-7,9-11H2,1-3H3/t14-,15+,16-,17-,19?,20+,21-/m0/s1. The summed E-state index contributed by atoms with van der Waals surface area (Å²) in [5, 5.41) is 10.3. The van der Waals surface area contributed by atoms with Gasteiger partial charge in [-0.25, -0.2) is 0 Å². The minimum atomic E-state index is -0.618. The molecule has 138 valence electrons. The molecule has 3 fully saturated rings. The number of aliphatic hydroxyl groups excluding tert-OH is 1. The van der Waals surface area contributed by atoms with E-state index in [0.29, 0.717) is 24.2 Å². The molecule has 0 saturated heterocycles. The molecule has 4 aliphatic rings. The Morgan fingerprint density at radius 1 is 1.24 bits per heavy atom. The van der Waals surface area contributed by atoms with Crippen molar-refractivity contribution in [2.45, 2.75) is 77.9 Å². The Morgan fingerprint density at radius 3 is 2.72 bits per heavy atom. The highest BCUT2D eigenvalue weighted by molar-refractivity contribution is 5.96. The Hall–Kier alpha value is -1.16. The molecule has 0 heterocycles. The fraction of sp³-hybridized carbons (Fsp3) is 0.810. The topological polar surface area (TPSA) is 63.6 Å². The largest absolute Gasteiger partial charge is 0.454 e. The predicted octanol–water partition coefficient (Wildman–Crippen LogP) is 3.42. The van der Waals surface area contributed by atoms with Crippen LogP contribution in [0.15, 0.2) is 11.6 Å². The van der Waals surface area contributed by atoms with Crippen molar-refractivity contribution in [3.05, 3.63) is 11.6 Å². The highest BCUT2D eigenvalue weighted by atomic mass is 16.5. The summed E-state index contributed by atoms with van der Waals surface area (Å²) in [6.07, 6.45) is 7.92. The van der Waals surface area contributed by atoms with E-state index in [1.54, 1.807) is 6.08 Å². The minimum Gasteiger partial charge on any atom is -0.454 e. The smallest absolute Gasteiger partial charge is 0.303 e. The molecule has 0 aliphatic heterocycles. The van der Waals surface area contributed by atoms with Crippen molar-refractivity contribution in [2.24, 2.45) is 28.6 Å². The van der Waals surface area contributed by atoms with Crippen LogP contribution >= 0.6 is 0 Å². The zero-order chi connectivity index (χ0) is 18.0. The number of carbonyl (C=O) groups excluding carboxylic acids is 2. The van der Waals surface area contributed by atoms with Gasteiger partial charge in [0.25, 0.3) is 0 Å². The second kappa shape index (κ2) is 5.67. The molecule has 1 N–H and O–H groups in total. The third-order valence-electron chi connectivity index (χ3n) is 8.03. The molecular formula is C21H30O4. The van der Waals surface area contributed by atoms with Crippen molar-refractivity contribution >= 4 is 11.8 Å². The zero-order valence-corrected chi connectivity index (χ0v) is 15.6. The third kappa shape index (κ3) is 2.59. The normalized spacial score (nSPS) is 48.9. The molecule has 25 heavy (non-hydrogen) atoms. The first-order valence-electron chi connectivity index (χ1n) is 9.83. The summed E-state index contributed by atoms with van der Waals surface area (Å²) in [4.78, 5) is 23.8. The number of hydrogen-bond acceptors (Lipinski definition) is 4. The zero-order valence-electron chi connectivity index (χ0n) is 15.6. The van der Waals surface area contributed by atoms with E-state index in [2.05, 4.69) is 13.8 Å². The molecule has 0 spiro atoms. The van der Waals surface area contributed by atoms with Crippen LogP contribution in [0.1, 0.15) is 65.7 Å². The van der Waals surface area contributed by atoms with Gasteiger partial charge in [0.15, 0.2) is 11.9 Å². The Balaban J connectivity index is 1.65. The SMILES string of the molecule is CC(=O)OC1C[C@@]2(C)C(=CC1=O)CC[C@H]1[C@@H]3C[C@H](O)C[C@@]3(C)CC[C@@H]12. The van der Waals surface area contributed by atoms with Gasteiger partial charge in [0.1, 0.15) is 0 Å². The maximum Gasteiger partial charge on any atom is 0.303 e. The van der Waals surface area contributed by atoms with E-state index in [1.165, 1.54) is 12.5 Å². The molecule has 0 aromatic heterocycles. The number of hydrogen-bond donors (Lipinski definition) is 1. The molecule has 3 saturated carbocycles. The van der Waals surface area contributed by atoms with Crippen molar-refractivity contribution in [3.8, 4) is 0 Å². The molecule has 1 unspecified atom stereocenters. The van der Waals surface area contributed by atoms with E-state index in [9.17, 15) is 14.7 Å². The average Bonchev–Trinajstić information content (AvgIpc) is 2.82. The molecule has 7 atom stereocenters. The number of fused-ring (bicyclic) bond motifs is 5. The van der Waals surface area contributed by atoms with Crippen molar-refractivity contribution < 1.29 is 19.4 Å². The van der Waals surface area contributed by atoms with Crippen molar-refractivity contribution in [2.75, 3.05) is 0 Å². The van der Waals surface area contributed by atoms with Gasteiger partial charge in [0, 0.05) is 13.3 Å². The summed E-state index contributed by atoms with van der Waals surface area (Å²) in [6.45, 7) is 6.03. The van der Waals surface area contributed by atoms with Crippen LogP contribution in [0.3, 0.4) is 0 Å². The summed E-state index contributed by atoms with van der Waals surface area (Å²) >= 11 is 0. The average molecular weight is 346 g/mol. The lowest BCUT2D eigenvalue weighted by Crippen LogP contribution is -2.51. The van der Waals surface area contributed by atoms with Crippen LogP contribution in [-0.2, 0) is 14.3 Å².